The van der Waals surface area contributed by atoms with Crippen LogP contribution in [-0.2, 0) is 0 Å². The lowest BCUT2D eigenvalue weighted by Gasteiger charge is -2.03. The molecule has 4 aromatic carbocycles. The molecule has 0 radical (unpaired) electrons. The fourth-order valence-corrected chi connectivity index (χ4v) is 4.57. The third-order valence-corrected chi connectivity index (χ3v) is 6.94. The summed E-state index contributed by atoms with van der Waals surface area (Å²) in [5.74, 6) is 0.964. The van der Waals surface area contributed by atoms with Gasteiger partial charge in [-0.25, -0.2) is 0 Å². The number of anilines is 1. The summed E-state index contributed by atoms with van der Waals surface area (Å²) in [6.45, 7) is 16.6. The molecule has 0 aliphatic carbocycles. The Hall–Kier alpha value is -4.44. The number of rotatable bonds is 1. The first kappa shape index (κ1) is 42.7. The van der Waals surface area contributed by atoms with E-state index in [1.54, 1.807) is 7.11 Å². The summed E-state index contributed by atoms with van der Waals surface area (Å²) < 4.78 is 5.10. The number of nitrogens with two attached hydrogens (primary N) is 1. The molecule has 6 aromatic rings. The number of ether oxygens (including phenoxy) is 1. The van der Waals surface area contributed by atoms with Crippen molar-refractivity contribution < 1.29 is 4.74 Å². The number of fused-ring (bicyclic) bond motifs is 2. The van der Waals surface area contributed by atoms with E-state index in [1.807, 2.05) is 51.2 Å². The average Bonchev–Trinajstić information content (AvgIpc) is 3.48. The smallest absolute Gasteiger partial charge is 0.121 e. The molecule has 4 nitrogen and oxygen atoms in total. The van der Waals surface area contributed by atoms with Crippen molar-refractivity contribution in [3.05, 3.63) is 130 Å². The molecular weight excluding hydrogens is 550 g/mol. The van der Waals surface area contributed by atoms with Gasteiger partial charge in [0.15, 0.2) is 0 Å². The van der Waals surface area contributed by atoms with Crippen LogP contribution in [0.3, 0.4) is 0 Å². The summed E-state index contributed by atoms with van der Waals surface area (Å²) >= 11 is 0. The van der Waals surface area contributed by atoms with Crippen LogP contribution < -0.4 is 10.5 Å². The van der Waals surface area contributed by atoms with Gasteiger partial charge in [0.25, 0.3) is 0 Å². The second-order valence-electron chi connectivity index (χ2n) is 10.9. The molecule has 2 aromatic heterocycles. The van der Waals surface area contributed by atoms with Gasteiger partial charge in [-0.2, -0.15) is 0 Å². The van der Waals surface area contributed by atoms with Crippen LogP contribution in [0.15, 0.2) is 85.1 Å². The van der Waals surface area contributed by atoms with E-state index in [-0.39, 0.29) is 29.7 Å². The highest BCUT2D eigenvalue weighted by molar-refractivity contribution is 5.83. The number of methoxy groups -OCH3 is 1. The number of hydrogen-bond donors (Lipinski definition) is 3. The van der Waals surface area contributed by atoms with Gasteiger partial charge >= 0.3 is 0 Å². The molecule has 4 N–H and O–H groups in total. The number of aromatic nitrogens is 2. The van der Waals surface area contributed by atoms with Gasteiger partial charge in [-0.15, -0.1) is 0 Å². The van der Waals surface area contributed by atoms with Gasteiger partial charge in [-0.3, -0.25) is 0 Å². The lowest BCUT2D eigenvalue weighted by atomic mass is 10.1. The van der Waals surface area contributed by atoms with E-state index < -0.39 is 0 Å². The van der Waals surface area contributed by atoms with Gasteiger partial charge in [-0.1, -0.05) is 83.3 Å². The lowest BCUT2D eigenvalue weighted by molar-refractivity contribution is 0.411. The van der Waals surface area contributed by atoms with Gasteiger partial charge in [0.2, 0.25) is 0 Å². The molecule has 246 valence electrons. The van der Waals surface area contributed by atoms with Crippen molar-refractivity contribution in [2.45, 2.75) is 85.1 Å². The minimum absolute atomic E-state index is 0. The van der Waals surface area contributed by atoms with Crippen molar-refractivity contribution in [3.63, 3.8) is 0 Å². The number of aryl methyl sites for hydroxylation is 8. The van der Waals surface area contributed by atoms with Crippen LogP contribution in [-0.4, -0.2) is 17.1 Å². The minimum atomic E-state index is 0. The van der Waals surface area contributed by atoms with Crippen molar-refractivity contribution in [1.29, 1.82) is 0 Å². The first-order valence-electron chi connectivity index (χ1n) is 14.0. The van der Waals surface area contributed by atoms with Crippen LogP contribution >= 0.6 is 0 Å². The highest BCUT2D eigenvalue weighted by atomic mass is 16.5. The predicted molar refractivity (Wildman–Crippen MR) is 205 cm³/mol. The zero-order chi connectivity index (χ0) is 30.1. The maximum atomic E-state index is 5.62. The van der Waals surface area contributed by atoms with Gasteiger partial charge in [0.05, 0.1) is 7.11 Å². The number of benzene rings is 4. The van der Waals surface area contributed by atoms with E-state index in [0.29, 0.717) is 0 Å². The predicted octanol–water partition coefficient (Wildman–Crippen LogP) is 12.3. The zero-order valence-electron chi connectivity index (χ0n) is 26.1. The molecule has 0 aliphatic heterocycles. The van der Waals surface area contributed by atoms with Crippen molar-refractivity contribution in [1.82, 2.24) is 9.97 Å². The molecule has 0 saturated carbocycles. The van der Waals surface area contributed by atoms with Crippen LogP contribution in [0.5, 0.6) is 5.75 Å². The summed E-state index contributed by atoms with van der Waals surface area (Å²) in [7, 11) is 1.69. The third-order valence-electron chi connectivity index (χ3n) is 6.94. The standard InChI is InChI=1S/2C10H11N.C9H12O.C8H11N.4CH4/c1-7-3-4-10-9(5-7)6-8(2)11-10;1-7-3-4-9-8(2)6-11-10(9)5-7;1-7-4-5-9(10-3)8(2)6-7;1-6-3-4-7(2)8(9)5-6;;;;/h2*3-6,11H,1-2H3;4-6H,1-3H3;3-5H,9H2,1-2H3;4*1H4. The topological polar surface area (TPSA) is 66.8 Å². The monoisotopic (exact) mass is 611 g/mol. The molecule has 2 heterocycles. The molecule has 0 bridgehead atoms. The molecule has 6 rings (SSSR count). The van der Waals surface area contributed by atoms with Crippen molar-refractivity contribution in [3.8, 4) is 5.75 Å². The Balaban J connectivity index is 0. The second-order valence-corrected chi connectivity index (χ2v) is 10.9. The highest BCUT2D eigenvalue weighted by Gasteiger charge is 1.98. The van der Waals surface area contributed by atoms with E-state index in [4.69, 9.17) is 10.5 Å². The molecule has 0 atom stereocenters. The summed E-state index contributed by atoms with van der Waals surface area (Å²) in [5.41, 5.74) is 19.0. The van der Waals surface area contributed by atoms with Crippen LogP contribution in [0.25, 0.3) is 21.8 Å². The fraction of sp³-hybridized carbons (Fsp3) is 0.317. The van der Waals surface area contributed by atoms with Crippen molar-refractivity contribution in [2.75, 3.05) is 12.8 Å². The summed E-state index contributed by atoms with van der Waals surface area (Å²) in [5, 5.41) is 2.64. The van der Waals surface area contributed by atoms with Crippen molar-refractivity contribution >= 4 is 27.5 Å². The van der Waals surface area contributed by atoms with Gasteiger partial charge < -0.3 is 20.4 Å². The van der Waals surface area contributed by atoms with E-state index in [2.05, 4.69) is 99.2 Å². The maximum absolute atomic E-state index is 5.62. The average molecular weight is 612 g/mol. The molecule has 4 heteroatoms. The molecule has 0 unspecified atom stereocenters. The molecule has 0 aliphatic rings. The Bertz CT molecular complexity index is 1710. The normalized spacial score (nSPS) is 9.27. The Kier molecular flexibility index (Phi) is 18.7. The Morgan fingerprint density at radius 2 is 1.09 bits per heavy atom. The van der Waals surface area contributed by atoms with Crippen LogP contribution in [0.4, 0.5) is 5.69 Å². The SMILES string of the molecule is C.C.C.C.COc1ccc(C)cc1C.Cc1ccc(C)c(N)c1.Cc1ccc2[nH]c(C)cc2c1.Cc1ccc2c(C)c[nH]c2c1. The molecular formula is C41H61N3O. The number of hydrogen-bond acceptors (Lipinski definition) is 2. The third kappa shape index (κ3) is 12.6. The Labute approximate surface area is 275 Å². The van der Waals surface area contributed by atoms with Crippen LogP contribution in [0.2, 0.25) is 0 Å². The highest BCUT2D eigenvalue weighted by Crippen LogP contribution is 2.19. The summed E-state index contributed by atoms with van der Waals surface area (Å²) in [6, 6.07) is 27.3. The molecule has 0 fully saturated rings. The zero-order valence-corrected chi connectivity index (χ0v) is 26.1. The summed E-state index contributed by atoms with van der Waals surface area (Å²) in [4.78, 5) is 6.51. The summed E-state index contributed by atoms with van der Waals surface area (Å²) in [6.07, 6.45) is 2.05. The van der Waals surface area contributed by atoms with Crippen LogP contribution in [0, 0.1) is 55.4 Å². The lowest BCUT2D eigenvalue weighted by Crippen LogP contribution is -1.88. The van der Waals surface area contributed by atoms with Gasteiger partial charge in [0.1, 0.15) is 5.75 Å². The van der Waals surface area contributed by atoms with Gasteiger partial charge in [-0.05, 0) is 125 Å². The first-order chi connectivity index (χ1) is 19.5. The van der Waals surface area contributed by atoms with Crippen LogP contribution in [0.1, 0.15) is 74.3 Å². The Morgan fingerprint density at radius 1 is 0.533 bits per heavy atom. The Morgan fingerprint density at radius 3 is 1.69 bits per heavy atom. The number of nitrogen functional groups attached to an aromatic ring is 1. The fourth-order valence-electron chi connectivity index (χ4n) is 4.57. The van der Waals surface area contributed by atoms with E-state index in [1.165, 1.54) is 60.9 Å². The molecule has 0 saturated heterocycles. The largest absolute Gasteiger partial charge is 0.496 e. The number of aromatic amines is 2. The van der Waals surface area contributed by atoms with E-state index >= 15 is 0 Å². The first-order valence-corrected chi connectivity index (χ1v) is 14.0. The molecule has 45 heavy (non-hydrogen) atoms. The van der Waals surface area contributed by atoms with E-state index in [9.17, 15) is 0 Å². The van der Waals surface area contributed by atoms with Gasteiger partial charge in [0, 0.05) is 34.0 Å². The second kappa shape index (κ2) is 19.8. The van der Waals surface area contributed by atoms with E-state index in [0.717, 1.165) is 17.0 Å². The molecule has 0 spiro atoms. The minimum Gasteiger partial charge on any atom is -0.496 e. The van der Waals surface area contributed by atoms with Crippen molar-refractivity contribution in [2.24, 2.45) is 0 Å². The number of H-pyrrole nitrogens is 2. The maximum Gasteiger partial charge on any atom is 0.121 e. The molecule has 0 amide bonds. The number of nitrogens with one attached hydrogen (secondary N) is 2. The quantitative estimate of drug-likeness (QED) is 0.162.